The van der Waals surface area contributed by atoms with Crippen molar-refractivity contribution < 1.29 is 27.4 Å². The normalized spacial score (nSPS) is 24.4. The van der Waals surface area contributed by atoms with Crippen LogP contribution in [0.25, 0.3) is 0 Å². The number of para-hydroxylation sites is 1. The van der Waals surface area contributed by atoms with Gasteiger partial charge in [0.2, 0.25) is 0 Å². The third-order valence-corrected chi connectivity index (χ3v) is 5.90. The standard InChI is InChI=1S/C23H24F3NO3/c24-23(25,26)30-22-9-5-4-8-17(22)12-21(28)18-10-19-14-29-15-20(11-18)27(19)13-16-6-2-1-3-7-16/h1-9,18-20H,10-15H2. The van der Waals surface area contributed by atoms with Crippen LogP contribution >= 0.6 is 0 Å². The van der Waals surface area contributed by atoms with Crippen LogP contribution in [0.3, 0.4) is 0 Å². The molecule has 2 unspecified atom stereocenters. The second-order valence-electron chi connectivity index (χ2n) is 7.97. The van der Waals surface area contributed by atoms with Gasteiger partial charge in [0.05, 0.1) is 13.2 Å². The number of halogens is 3. The zero-order chi connectivity index (χ0) is 21.1. The molecule has 2 saturated heterocycles. The molecule has 2 heterocycles. The molecule has 2 aromatic carbocycles. The summed E-state index contributed by atoms with van der Waals surface area (Å²) >= 11 is 0. The minimum atomic E-state index is -4.78. The molecule has 160 valence electrons. The Morgan fingerprint density at radius 1 is 1.00 bits per heavy atom. The van der Waals surface area contributed by atoms with E-state index in [0.29, 0.717) is 26.1 Å². The Kier molecular flexibility index (Phi) is 6.11. The van der Waals surface area contributed by atoms with Crippen LogP contribution in [-0.2, 0) is 22.5 Å². The molecule has 0 saturated carbocycles. The molecule has 2 fully saturated rings. The highest BCUT2D eigenvalue weighted by molar-refractivity contribution is 5.84. The third kappa shape index (κ3) is 5.02. The lowest BCUT2D eigenvalue weighted by atomic mass is 9.80. The van der Waals surface area contributed by atoms with E-state index < -0.39 is 6.36 Å². The summed E-state index contributed by atoms with van der Waals surface area (Å²) in [4.78, 5) is 15.4. The third-order valence-electron chi connectivity index (χ3n) is 5.90. The predicted molar refractivity (Wildman–Crippen MR) is 105 cm³/mol. The van der Waals surface area contributed by atoms with Crippen molar-refractivity contribution in [3.63, 3.8) is 0 Å². The number of rotatable bonds is 6. The summed E-state index contributed by atoms with van der Waals surface area (Å²) in [7, 11) is 0. The van der Waals surface area contributed by atoms with E-state index in [0.717, 1.165) is 6.54 Å². The number of carbonyl (C=O) groups excluding carboxylic acids is 1. The zero-order valence-electron chi connectivity index (χ0n) is 16.5. The maximum absolute atomic E-state index is 13.0. The maximum atomic E-state index is 13.0. The summed E-state index contributed by atoms with van der Waals surface area (Å²) in [6.07, 6.45) is -3.53. The Hall–Kier alpha value is -2.38. The van der Waals surface area contributed by atoms with Gasteiger partial charge in [-0.3, -0.25) is 9.69 Å². The summed E-state index contributed by atoms with van der Waals surface area (Å²) in [5.74, 6) is -0.525. The maximum Gasteiger partial charge on any atom is 0.573 e. The molecule has 2 aromatic rings. The lowest BCUT2D eigenvalue weighted by Crippen LogP contribution is -2.57. The molecule has 0 aliphatic carbocycles. The average molecular weight is 419 g/mol. The van der Waals surface area contributed by atoms with E-state index in [1.807, 2.05) is 18.2 Å². The predicted octanol–water partition coefficient (Wildman–Crippen LogP) is 4.38. The van der Waals surface area contributed by atoms with Gasteiger partial charge in [-0.1, -0.05) is 48.5 Å². The number of ether oxygens (including phenoxy) is 2. The molecule has 2 bridgehead atoms. The van der Waals surface area contributed by atoms with Gasteiger partial charge in [-0.05, 0) is 24.5 Å². The lowest BCUT2D eigenvalue weighted by Gasteiger charge is -2.48. The molecule has 0 amide bonds. The summed E-state index contributed by atoms with van der Waals surface area (Å²) < 4.78 is 47.8. The fourth-order valence-electron chi connectivity index (χ4n) is 4.51. The van der Waals surface area contributed by atoms with Crippen LogP contribution in [0.15, 0.2) is 54.6 Å². The first kappa shape index (κ1) is 20.9. The molecule has 0 radical (unpaired) electrons. The minimum absolute atomic E-state index is 0.0375. The number of morpholine rings is 1. The molecular formula is C23H24F3NO3. The molecule has 0 spiro atoms. The fraction of sp³-hybridized carbons (Fsp3) is 0.435. The molecule has 0 N–H and O–H groups in total. The number of hydrogen-bond donors (Lipinski definition) is 0. The summed E-state index contributed by atoms with van der Waals surface area (Å²) in [5, 5.41) is 0. The van der Waals surface area contributed by atoms with Crippen molar-refractivity contribution in [3.05, 3.63) is 65.7 Å². The Morgan fingerprint density at radius 2 is 1.63 bits per heavy atom. The van der Waals surface area contributed by atoms with Crippen molar-refractivity contribution in [2.45, 2.75) is 44.3 Å². The minimum Gasteiger partial charge on any atom is -0.405 e. The van der Waals surface area contributed by atoms with Crippen LogP contribution in [0.1, 0.15) is 24.0 Å². The van der Waals surface area contributed by atoms with Crippen LogP contribution in [0.4, 0.5) is 13.2 Å². The van der Waals surface area contributed by atoms with Crippen molar-refractivity contribution >= 4 is 5.78 Å². The van der Waals surface area contributed by atoms with Crippen molar-refractivity contribution in [2.75, 3.05) is 13.2 Å². The quantitative estimate of drug-likeness (QED) is 0.697. The van der Waals surface area contributed by atoms with Gasteiger partial charge < -0.3 is 9.47 Å². The molecule has 4 rings (SSSR count). The number of piperidine rings is 1. The van der Waals surface area contributed by atoms with E-state index in [9.17, 15) is 18.0 Å². The van der Waals surface area contributed by atoms with Crippen LogP contribution < -0.4 is 4.74 Å². The molecule has 2 aliphatic heterocycles. The summed E-state index contributed by atoms with van der Waals surface area (Å²) in [5.41, 5.74) is 1.49. The zero-order valence-corrected chi connectivity index (χ0v) is 16.5. The molecule has 30 heavy (non-hydrogen) atoms. The van der Waals surface area contributed by atoms with Gasteiger partial charge in [-0.15, -0.1) is 13.2 Å². The molecule has 7 heteroatoms. The molecule has 4 nitrogen and oxygen atoms in total. The van der Waals surface area contributed by atoms with Crippen molar-refractivity contribution in [2.24, 2.45) is 5.92 Å². The number of carbonyl (C=O) groups is 1. The summed E-state index contributed by atoms with van der Waals surface area (Å²) in [6, 6.07) is 16.3. The smallest absolute Gasteiger partial charge is 0.405 e. The van der Waals surface area contributed by atoms with Crippen molar-refractivity contribution in [1.29, 1.82) is 0 Å². The Morgan fingerprint density at radius 3 is 2.30 bits per heavy atom. The van der Waals surface area contributed by atoms with Gasteiger partial charge in [0, 0.05) is 36.5 Å². The van der Waals surface area contributed by atoms with Crippen LogP contribution in [0.2, 0.25) is 0 Å². The number of benzene rings is 2. The highest BCUT2D eigenvalue weighted by atomic mass is 19.4. The Balaban J connectivity index is 1.43. The SMILES string of the molecule is O=C(Cc1ccccc1OC(F)(F)F)C1CC2COCC(C1)N2Cc1ccccc1. The van der Waals surface area contributed by atoms with E-state index in [1.165, 1.54) is 23.8 Å². The van der Waals surface area contributed by atoms with Crippen molar-refractivity contribution in [1.82, 2.24) is 4.90 Å². The van der Waals surface area contributed by atoms with E-state index >= 15 is 0 Å². The number of Topliss-reactive ketones (excluding diaryl/α,β-unsaturated/α-hetero) is 1. The number of alkyl halides is 3. The first-order valence-corrected chi connectivity index (χ1v) is 10.1. The lowest BCUT2D eigenvalue weighted by molar-refractivity contribution is -0.274. The number of hydrogen-bond acceptors (Lipinski definition) is 4. The van der Waals surface area contributed by atoms with Crippen LogP contribution in [0, 0.1) is 5.92 Å². The monoisotopic (exact) mass is 419 g/mol. The second-order valence-corrected chi connectivity index (χ2v) is 7.97. The van der Waals surface area contributed by atoms with Gasteiger partial charge >= 0.3 is 6.36 Å². The highest BCUT2D eigenvalue weighted by Gasteiger charge is 2.41. The van der Waals surface area contributed by atoms with E-state index in [-0.39, 0.29) is 41.5 Å². The number of fused-ring (bicyclic) bond motifs is 2. The largest absolute Gasteiger partial charge is 0.573 e. The van der Waals surface area contributed by atoms with Crippen molar-refractivity contribution in [3.8, 4) is 5.75 Å². The molecule has 2 atom stereocenters. The summed E-state index contributed by atoms with van der Waals surface area (Å²) in [6.45, 7) is 1.95. The van der Waals surface area contributed by atoms with E-state index in [1.54, 1.807) is 6.07 Å². The average Bonchev–Trinajstić information content (AvgIpc) is 2.69. The highest BCUT2D eigenvalue weighted by Crippen LogP contribution is 2.35. The number of ketones is 1. The fourth-order valence-corrected chi connectivity index (χ4v) is 4.51. The Labute approximate surface area is 173 Å². The van der Waals surface area contributed by atoms with Gasteiger partial charge in [0.25, 0.3) is 0 Å². The molecule has 2 aliphatic rings. The van der Waals surface area contributed by atoms with Gasteiger partial charge in [0.15, 0.2) is 0 Å². The second kappa shape index (κ2) is 8.78. The first-order chi connectivity index (χ1) is 14.4. The van der Waals surface area contributed by atoms with Gasteiger partial charge in [0.1, 0.15) is 11.5 Å². The first-order valence-electron chi connectivity index (χ1n) is 10.1. The van der Waals surface area contributed by atoms with E-state index in [2.05, 4.69) is 21.8 Å². The molecular weight excluding hydrogens is 395 g/mol. The molecule has 0 aromatic heterocycles. The Bertz CT molecular complexity index is 857. The van der Waals surface area contributed by atoms with E-state index in [4.69, 9.17) is 4.74 Å². The van der Waals surface area contributed by atoms with Gasteiger partial charge in [-0.25, -0.2) is 0 Å². The van der Waals surface area contributed by atoms with Crippen LogP contribution in [-0.4, -0.2) is 42.3 Å². The van der Waals surface area contributed by atoms with Gasteiger partial charge in [-0.2, -0.15) is 0 Å². The number of nitrogens with zero attached hydrogens (tertiary/aromatic N) is 1. The van der Waals surface area contributed by atoms with Crippen LogP contribution in [0.5, 0.6) is 5.75 Å². The topological polar surface area (TPSA) is 38.8 Å².